The summed E-state index contributed by atoms with van der Waals surface area (Å²) >= 11 is 0. The fourth-order valence-corrected chi connectivity index (χ4v) is 5.90. The zero-order valence-electron chi connectivity index (χ0n) is 17.8. The number of piperazine rings is 1. The fourth-order valence-electron chi connectivity index (χ4n) is 4.20. The lowest BCUT2D eigenvalue weighted by Crippen LogP contribution is -2.43. The molecular weight excluding hydrogens is 418 g/mol. The highest BCUT2D eigenvalue weighted by molar-refractivity contribution is 7.91. The standard InChI is InChI=1S/C21H29N5O4S/c1-24-8-10-25(11-9-24)14-16-3-2-4-17(13-16)22-21(28)19-5-6-20(27)26(23-19)18-7-12-31(29,30)15-18/h2-4,13,18H,5-12,14-15H2,1H3,(H,22,28). The molecular formula is C21H29N5O4S. The number of anilines is 1. The van der Waals surface area contributed by atoms with Gasteiger partial charge in [0.2, 0.25) is 5.91 Å². The van der Waals surface area contributed by atoms with Crippen LogP contribution in [0.5, 0.6) is 0 Å². The van der Waals surface area contributed by atoms with Gasteiger partial charge in [-0.3, -0.25) is 14.5 Å². The number of hydrogen-bond acceptors (Lipinski definition) is 7. The fraction of sp³-hybridized carbons (Fsp3) is 0.571. The number of carbonyl (C=O) groups is 2. The second-order valence-corrected chi connectivity index (χ2v) is 10.8. The Balaban J connectivity index is 1.40. The Hall–Kier alpha value is -2.30. The first kappa shape index (κ1) is 21.9. The highest BCUT2D eigenvalue weighted by atomic mass is 32.2. The molecule has 2 fully saturated rings. The monoisotopic (exact) mass is 447 g/mol. The highest BCUT2D eigenvalue weighted by Gasteiger charge is 2.37. The van der Waals surface area contributed by atoms with Gasteiger partial charge in [-0.2, -0.15) is 5.10 Å². The number of amides is 2. The Morgan fingerprint density at radius 2 is 1.97 bits per heavy atom. The molecule has 3 heterocycles. The Morgan fingerprint density at radius 3 is 2.68 bits per heavy atom. The molecule has 2 saturated heterocycles. The van der Waals surface area contributed by atoms with Crippen LogP contribution in [0.15, 0.2) is 29.4 Å². The molecule has 0 bridgehead atoms. The largest absolute Gasteiger partial charge is 0.321 e. The van der Waals surface area contributed by atoms with E-state index in [2.05, 4.69) is 27.3 Å². The van der Waals surface area contributed by atoms with Crippen molar-refractivity contribution in [2.45, 2.75) is 31.8 Å². The first-order valence-electron chi connectivity index (χ1n) is 10.7. The summed E-state index contributed by atoms with van der Waals surface area (Å²) in [5.41, 5.74) is 2.07. The van der Waals surface area contributed by atoms with Gasteiger partial charge < -0.3 is 10.2 Å². The second-order valence-electron chi connectivity index (χ2n) is 8.58. The van der Waals surface area contributed by atoms with Gasteiger partial charge >= 0.3 is 0 Å². The zero-order valence-corrected chi connectivity index (χ0v) is 18.6. The Morgan fingerprint density at radius 1 is 1.19 bits per heavy atom. The van der Waals surface area contributed by atoms with E-state index in [1.54, 1.807) is 0 Å². The number of hydrazone groups is 1. The van der Waals surface area contributed by atoms with Gasteiger partial charge in [-0.15, -0.1) is 0 Å². The summed E-state index contributed by atoms with van der Waals surface area (Å²) in [5, 5.41) is 8.34. The van der Waals surface area contributed by atoms with Crippen LogP contribution in [0.25, 0.3) is 0 Å². The van der Waals surface area contributed by atoms with Crippen LogP contribution in [-0.2, 0) is 26.0 Å². The molecule has 0 radical (unpaired) electrons. The normalized spacial score (nSPS) is 24.8. The quantitative estimate of drug-likeness (QED) is 0.707. The molecule has 1 aromatic rings. The van der Waals surface area contributed by atoms with Crippen molar-refractivity contribution in [1.29, 1.82) is 0 Å². The minimum absolute atomic E-state index is 0.0542. The van der Waals surface area contributed by atoms with Crippen LogP contribution in [-0.4, -0.2) is 91.5 Å². The number of benzene rings is 1. The molecule has 1 unspecified atom stereocenters. The van der Waals surface area contributed by atoms with E-state index in [4.69, 9.17) is 0 Å². The van der Waals surface area contributed by atoms with Crippen molar-refractivity contribution in [3.63, 3.8) is 0 Å². The summed E-state index contributed by atoms with van der Waals surface area (Å²) < 4.78 is 23.5. The third-order valence-corrected chi connectivity index (χ3v) is 7.81. The van der Waals surface area contributed by atoms with Crippen molar-refractivity contribution < 1.29 is 18.0 Å². The SMILES string of the molecule is CN1CCN(Cc2cccc(NC(=O)C3=NN(C4CCS(=O)(=O)C4)C(=O)CC3)c2)CC1. The van der Waals surface area contributed by atoms with E-state index in [0.29, 0.717) is 12.1 Å². The lowest BCUT2D eigenvalue weighted by Gasteiger charge is -2.32. The summed E-state index contributed by atoms with van der Waals surface area (Å²) in [5.74, 6) is -0.618. The minimum atomic E-state index is -3.15. The molecule has 31 heavy (non-hydrogen) atoms. The molecule has 3 aliphatic rings. The Kier molecular flexibility index (Phi) is 6.40. The maximum atomic E-state index is 12.8. The zero-order chi connectivity index (χ0) is 22.0. The van der Waals surface area contributed by atoms with Crippen LogP contribution in [0.1, 0.15) is 24.8 Å². The van der Waals surface area contributed by atoms with E-state index in [1.807, 2.05) is 24.3 Å². The molecule has 1 N–H and O–H groups in total. The lowest BCUT2D eigenvalue weighted by atomic mass is 10.1. The molecule has 2 amide bonds. The van der Waals surface area contributed by atoms with Crippen LogP contribution in [0.3, 0.4) is 0 Å². The van der Waals surface area contributed by atoms with E-state index in [9.17, 15) is 18.0 Å². The van der Waals surface area contributed by atoms with Crippen LogP contribution >= 0.6 is 0 Å². The maximum absolute atomic E-state index is 12.8. The number of nitrogens with zero attached hydrogens (tertiary/aromatic N) is 4. The van der Waals surface area contributed by atoms with Crippen LogP contribution in [0.4, 0.5) is 5.69 Å². The van der Waals surface area contributed by atoms with E-state index >= 15 is 0 Å². The summed E-state index contributed by atoms with van der Waals surface area (Å²) in [6, 6.07) is 7.29. The molecule has 9 nitrogen and oxygen atoms in total. The minimum Gasteiger partial charge on any atom is -0.321 e. The summed E-state index contributed by atoms with van der Waals surface area (Å²) in [6.07, 6.45) is 0.772. The molecule has 0 spiro atoms. The van der Waals surface area contributed by atoms with Gasteiger partial charge in [-0.05, 0) is 31.2 Å². The molecule has 1 aromatic carbocycles. The molecule has 0 aromatic heterocycles. The molecule has 0 aliphatic carbocycles. The second kappa shape index (κ2) is 9.05. The molecule has 4 rings (SSSR count). The third-order valence-electron chi connectivity index (χ3n) is 6.06. The molecule has 10 heteroatoms. The van der Waals surface area contributed by atoms with Crippen molar-refractivity contribution in [3.05, 3.63) is 29.8 Å². The average Bonchev–Trinajstić information content (AvgIpc) is 3.10. The maximum Gasteiger partial charge on any atom is 0.271 e. The van der Waals surface area contributed by atoms with Gasteiger partial charge in [0, 0.05) is 51.3 Å². The van der Waals surface area contributed by atoms with Gasteiger partial charge in [0.1, 0.15) is 5.71 Å². The topological polar surface area (TPSA) is 102 Å². The lowest BCUT2D eigenvalue weighted by molar-refractivity contribution is -0.133. The molecule has 3 aliphatic heterocycles. The summed E-state index contributed by atoms with van der Waals surface area (Å²) in [7, 11) is -1.02. The van der Waals surface area contributed by atoms with Gasteiger partial charge in [0.25, 0.3) is 5.91 Å². The predicted molar refractivity (Wildman–Crippen MR) is 118 cm³/mol. The Bertz CT molecular complexity index is 985. The highest BCUT2D eigenvalue weighted by Crippen LogP contribution is 2.23. The number of nitrogens with one attached hydrogen (secondary N) is 1. The van der Waals surface area contributed by atoms with Crippen molar-refractivity contribution >= 4 is 33.1 Å². The van der Waals surface area contributed by atoms with Gasteiger partial charge in [-0.1, -0.05) is 12.1 Å². The molecule has 168 valence electrons. The van der Waals surface area contributed by atoms with E-state index in [1.165, 1.54) is 5.01 Å². The van der Waals surface area contributed by atoms with Crippen LogP contribution in [0.2, 0.25) is 0 Å². The van der Waals surface area contributed by atoms with E-state index in [0.717, 1.165) is 38.3 Å². The van der Waals surface area contributed by atoms with Crippen LogP contribution < -0.4 is 5.32 Å². The van der Waals surface area contributed by atoms with Crippen molar-refractivity contribution in [3.8, 4) is 0 Å². The number of likely N-dealkylation sites (N-methyl/N-ethyl adjacent to an activating group) is 1. The number of rotatable bonds is 5. The first-order chi connectivity index (χ1) is 14.8. The average molecular weight is 448 g/mol. The number of sulfone groups is 1. The Labute approximate surface area is 183 Å². The molecule has 0 saturated carbocycles. The molecule has 1 atom stereocenters. The van der Waals surface area contributed by atoms with Gasteiger partial charge in [0.15, 0.2) is 9.84 Å². The van der Waals surface area contributed by atoms with E-state index in [-0.39, 0.29) is 41.9 Å². The first-order valence-corrected chi connectivity index (χ1v) is 12.5. The predicted octanol–water partition coefficient (Wildman–Crippen LogP) is 0.538. The van der Waals surface area contributed by atoms with Gasteiger partial charge in [0.05, 0.1) is 17.5 Å². The number of carbonyl (C=O) groups excluding carboxylic acids is 2. The van der Waals surface area contributed by atoms with E-state index < -0.39 is 15.9 Å². The van der Waals surface area contributed by atoms with Crippen molar-refractivity contribution in [2.75, 3.05) is 50.0 Å². The number of hydrogen-bond donors (Lipinski definition) is 1. The summed E-state index contributed by atoms with van der Waals surface area (Å²) in [4.78, 5) is 29.7. The van der Waals surface area contributed by atoms with Crippen molar-refractivity contribution in [2.24, 2.45) is 5.10 Å². The van der Waals surface area contributed by atoms with Gasteiger partial charge in [-0.25, -0.2) is 13.4 Å². The smallest absolute Gasteiger partial charge is 0.271 e. The summed E-state index contributed by atoms with van der Waals surface area (Å²) in [6.45, 7) is 4.97. The van der Waals surface area contributed by atoms with Crippen molar-refractivity contribution in [1.82, 2.24) is 14.8 Å². The van der Waals surface area contributed by atoms with Crippen LogP contribution in [0, 0.1) is 0 Å². The third kappa shape index (κ3) is 5.50.